The van der Waals surface area contributed by atoms with Crippen molar-refractivity contribution < 1.29 is 19.5 Å². The number of rotatable bonds is 7. The van der Waals surface area contributed by atoms with E-state index in [4.69, 9.17) is 4.84 Å². The largest absolute Gasteiger partial charge is 0.399 e. The lowest BCUT2D eigenvalue weighted by molar-refractivity contribution is -0.125. The molecule has 0 bridgehead atoms. The highest BCUT2D eigenvalue weighted by Gasteiger charge is 2.38. The molecule has 1 aliphatic heterocycles. The molecule has 2 atom stereocenters. The van der Waals surface area contributed by atoms with Gasteiger partial charge in [-0.25, -0.2) is 0 Å². The Morgan fingerprint density at radius 2 is 1.81 bits per heavy atom. The summed E-state index contributed by atoms with van der Waals surface area (Å²) in [5.41, 5.74) is 3.82. The summed E-state index contributed by atoms with van der Waals surface area (Å²) in [4.78, 5) is 32.8. The topological polar surface area (TPSA) is 115 Å². The minimum Gasteiger partial charge on any atom is -0.399 e. The van der Waals surface area contributed by atoms with Crippen molar-refractivity contribution in [2.75, 3.05) is 20.2 Å². The van der Waals surface area contributed by atoms with Crippen LogP contribution in [0.5, 0.6) is 0 Å². The minimum absolute atomic E-state index is 0.0190. The van der Waals surface area contributed by atoms with Crippen LogP contribution in [-0.4, -0.2) is 53.8 Å². The molecule has 0 spiro atoms. The van der Waals surface area contributed by atoms with E-state index in [1.165, 1.54) is 12.0 Å². The minimum atomic E-state index is -0.864. The van der Waals surface area contributed by atoms with Gasteiger partial charge >= 0.3 is 0 Å². The molecule has 2 amide bonds. The third-order valence-electron chi connectivity index (χ3n) is 6.09. The number of benzene rings is 3. The number of amides is 2. The molecule has 36 heavy (non-hydrogen) atoms. The number of hydrogen-bond acceptors (Lipinski definition) is 6. The first kappa shape index (κ1) is 24.6. The molecule has 1 saturated heterocycles. The molecule has 2 N–H and O–H groups in total. The van der Waals surface area contributed by atoms with Crippen LogP contribution < -0.4 is 5.32 Å². The molecular formula is C28H26N4O4. The first-order valence-electron chi connectivity index (χ1n) is 11.5. The van der Waals surface area contributed by atoms with E-state index in [9.17, 15) is 20.0 Å². The number of nitrogens with one attached hydrogen (secondary N) is 1. The predicted molar refractivity (Wildman–Crippen MR) is 135 cm³/mol. The molecule has 0 radical (unpaired) electrons. The van der Waals surface area contributed by atoms with E-state index in [1.807, 2.05) is 30.3 Å². The van der Waals surface area contributed by atoms with Crippen LogP contribution in [-0.2, 0) is 9.63 Å². The van der Waals surface area contributed by atoms with E-state index in [0.717, 1.165) is 11.1 Å². The standard InChI is InChI=1S/C28H26N4O4/c1-36-31-23-15-25(27(34)30-17-26(33)20-7-3-2-4-8-20)32(18-23)28(35)21-13-11-19(12-14-21)24-10-6-5-9-22(24)16-29/h2-14,25-26,33H,15,17-18H2,1H3,(H,30,34)/t25-,26-/m0/s1. The quantitative estimate of drug-likeness (QED) is 0.502. The van der Waals surface area contributed by atoms with Gasteiger partial charge in [-0.05, 0) is 34.9 Å². The van der Waals surface area contributed by atoms with Crippen LogP contribution in [0.3, 0.4) is 0 Å². The van der Waals surface area contributed by atoms with Gasteiger partial charge in [0, 0.05) is 18.5 Å². The lowest BCUT2D eigenvalue weighted by Crippen LogP contribution is -2.46. The Hall–Kier alpha value is -4.48. The molecule has 0 aliphatic carbocycles. The van der Waals surface area contributed by atoms with Gasteiger partial charge in [0.1, 0.15) is 13.2 Å². The number of nitriles is 1. The van der Waals surface area contributed by atoms with Crippen molar-refractivity contribution in [3.05, 3.63) is 95.6 Å². The second-order valence-electron chi connectivity index (χ2n) is 8.40. The van der Waals surface area contributed by atoms with Crippen molar-refractivity contribution in [1.82, 2.24) is 10.2 Å². The fraction of sp³-hybridized carbons (Fsp3) is 0.214. The predicted octanol–water partition coefficient (Wildman–Crippen LogP) is 3.29. The lowest BCUT2D eigenvalue weighted by atomic mass is 9.99. The van der Waals surface area contributed by atoms with Crippen LogP contribution in [0, 0.1) is 11.3 Å². The second-order valence-corrected chi connectivity index (χ2v) is 8.40. The Balaban J connectivity index is 1.50. The maximum atomic E-state index is 13.4. The Kier molecular flexibility index (Phi) is 7.73. The molecule has 3 aromatic carbocycles. The zero-order chi connectivity index (χ0) is 25.5. The van der Waals surface area contributed by atoms with Gasteiger partial charge in [0.25, 0.3) is 5.91 Å². The molecule has 8 nitrogen and oxygen atoms in total. The average molecular weight is 483 g/mol. The van der Waals surface area contributed by atoms with E-state index >= 15 is 0 Å². The van der Waals surface area contributed by atoms with Crippen LogP contribution >= 0.6 is 0 Å². The molecule has 3 aromatic rings. The monoisotopic (exact) mass is 482 g/mol. The fourth-order valence-electron chi connectivity index (χ4n) is 4.25. The van der Waals surface area contributed by atoms with Crippen LogP contribution in [0.2, 0.25) is 0 Å². The summed E-state index contributed by atoms with van der Waals surface area (Å²) in [5.74, 6) is -0.695. The Bertz CT molecular complexity index is 1300. The van der Waals surface area contributed by atoms with Gasteiger partial charge in [-0.2, -0.15) is 5.26 Å². The van der Waals surface area contributed by atoms with Gasteiger partial charge < -0.3 is 20.2 Å². The van der Waals surface area contributed by atoms with Gasteiger partial charge in [0.15, 0.2) is 0 Å². The Morgan fingerprint density at radius 1 is 1.11 bits per heavy atom. The zero-order valence-corrected chi connectivity index (χ0v) is 19.8. The third-order valence-corrected chi connectivity index (χ3v) is 6.09. The summed E-state index contributed by atoms with van der Waals surface area (Å²) < 4.78 is 0. The number of carbonyl (C=O) groups is 2. The van der Waals surface area contributed by atoms with Crippen molar-refractivity contribution in [2.45, 2.75) is 18.6 Å². The Labute approximate surface area is 209 Å². The number of hydrogen-bond donors (Lipinski definition) is 2. The summed E-state index contributed by atoms with van der Waals surface area (Å²) in [6, 6.07) is 24.6. The first-order chi connectivity index (χ1) is 17.5. The van der Waals surface area contributed by atoms with E-state index in [1.54, 1.807) is 48.5 Å². The summed E-state index contributed by atoms with van der Waals surface area (Å²) >= 11 is 0. The molecule has 0 aromatic heterocycles. The van der Waals surface area contributed by atoms with Crippen molar-refractivity contribution in [1.29, 1.82) is 5.26 Å². The van der Waals surface area contributed by atoms with Crippen LogP contribution in [0.1, 0.15) is 34.0 Å². The average Bonchev–Trinajstić information content (AvgIpc) is 3.36. The number of aliphatic hydroxyl groups is 1. The van der Waals surface area contributed by atoms with E-state index in [2.05, 4.69) is 16.5 Å². The maximum Gasteiger partial charge on any atom is 0.254 e. The van der Waals surface area contributed by atoms with Gasteiger partial charge in [0.2, 0.25) is 5.91 Å². The highest BCUT2D eigenvalue weighted by Crippen LogP contribution is 2.25. The second kappa shape index (κ2) is 11.3. The van der Waals surface area contributed by atoms with Gasteiger partial charge in [-0.3, -0.25) is 9.59 Å². The van der Waals surface area contributed by atoms with Crippen molar-refractivity contribution in [2.24, 2.45) is 5.16 Å². The molecule has 4 rings (SSSR count). The normalized spacial score (nSPS) is 16.9. The summed E-state index contributed by atoms with van der Waals surface area (Å²) in [5, 5.41) is 26.5. The lowest BCUT2D eigenvalue weighted by Gasteiger charge is -2.24. The number of oxime groups is 1. The van der Waals surface area contributed by atoms with Crippen LogP contribution in [0.4, 0.5) is 0 Å². The molecule has 1 fully saturated rings. The molecule has 0 unspecified atom stereocenters. The number of likely N-dealkylation sites (tertiary alicyclic amines) is 1. The third kappa shape index (κ3) is 5.43. The van der Waals surface area contributed by atoms with E-state index < -0.39 is 12.1 Å². The van der Waals surface area contributed by atoms with Crippen LogP contribution in [0.15, 0.2) is 84.0 Å². The van der Waals surface area contributed by atoms with E-state index in [-0.39, 0.29) is 31.3 Å². The highest BCUT2D eigenvalue weighted by molar-refractivity contribution is 6.05. The number of aliphatic hydroxyl groups excluding tert-OH is 1. The zero-order valence-electron chi connectivity index (χ0n) is 19.8. The fourth-order valence-corrected chi connectivity index (χ4v) is 4.25. The molecule has 8 heteroatoms. The molecule has 0 saturated carbocycles. The molecule has 1 aliphatic rings. The summed E-state index contributed by atoms with van der Waals surface area (Å²) in [7, 11) is 1.42. The van der Waals surface area contributed by atoms with Crippen molar-refractivity contribution >= 4 is 17.5 Å². The highest BCUT2D eigenvalue weighted by atomic mass is 16.6. The molecule has 1 heterocycles. The number of carbonyl (C=O) groups excluding carboxylic acids is 2. The first-order valence-corrected chi connectivity index (χ1v) is 11.5. The summed E-state index contributed by atoms with van der Waals surface area (Å²) in [6.07, 6.45) is -0.628. The van der Waals surface area contributed by atoms with Gasteiger partial charge in [-0.1, -0.05) is 65.8 Å². The molecule has 182 valence electrons. The number of nitrogens with zero attached hydrogens (tertiary/aromatic N) is 3. The van der Waals surface area contributed by atoms with Gasteiger partial charge in [0.05, 0.1) is 30.0 Å². The maximum absolute atomic E-state index is 13.4. The SMILES string of the molecule is CON=C1C[C@@H](C(=O)NC[C@H](O)c2ccccc2)N(C(=O)c2ccc(-c3ccccc3C#N)cc2)C1. The Morgan fingerprint density at radius 3 is 2.50 bits per heavy atom. The van der Waals surface area contributed by atoms with E-state index in [0.29, 0.717) is 22.4 Å². The smallest absolute Gasteiger partial charge is 0.254 e. The summed E-state index contributed by atoms with van der Waals surface area (Å²) in [6.45, 7) is 0.177. The van der Waals surface area contributed by atoms with Crippen LogP contribution in [0.25, 0.3) is 11.1 Å². The van der Waals surface area contributed by atoms with Crippen molar-refractivity contribution in [3.8, 4) is 17.2 Å². The van der Waals surface area contributed by atoms with Crippen molar-refractivity contribution in [3.63, 3.8) is 0 Å². The molecular weight excluding hydrogens is 456 g/mol. The van der Waals surface area contributed by atoms with Gasteiger partial charge in [-0.15, -0.1) is 0 Å².